The molecule has 1 heterocycles. The molecule has 1 aromatic heterocycles. The largest absolute Gasteiger partial charge is 0.481 e. The Balaban J connectivity index is 1.72. The number of hydrogen-bond donors (Lipinski definition) is 1. The van der Waals surface area contributed by atoms with Crippen molar-refractivity contribution in [2.24, 2.45) is 5.92 Å². The first-order valence-corrected chi connectivity index (χ1v) is 5.99. The van der Waals surface area contributed by atoms with Gasteiger partial charge < -0.3 is 10.0 Å². The number of pyridine rings is 1. The zero-order chi connectivity index (χ0) is 12.3. The first-order valence-electron chi connectivity index (χ1n) is 5.99. The highest BCUT2D eigenvalue weighted by molar-refractivity contribution is 5.71. The van der Waals surface area contributed by atoms with Crippen LogP contribution in [-0.4, -0.2) is 40.6 Å². The summed E-state index contributed by atoms with van der Waals surface area (Å²) in [6, 6.07) is 4.49. The van der Waals surface area contributed by atoms with Gasteiger partial charge in [-0.25, -0.2) is 0 Å². The quantitative estimate of drug-likeness (QED) is 0.837. The highest BCUT2D eigenvalue weighted by Gasteiger charge is 2.36. The van der Waals surface area contributed by atoms with Gasteiger partial charge in [-0.3, -0.25) is 9.78 Å². The van der Waals surface area contributed by atoms with Crippen molar-refractivity contribution in [3.05, 3.63) is 30.1 Å². The maximum absolute atomic E-state index is 10.7. The third-order valence-corrected chi connectivity index (χ3v) is 3.59. The predicted molar refractivity (Wildman–Crippen MR) is 64.7 cm³/mol. The summed E-state index contributed by atoms with van der Waals surface area (Å²) in [6.07, 6.45) is 6.19. The van der Waals surface area contributed by atoms with Crippen LogP contribution < -0.4 is 0 Å². The van der Waals surface area contributed by atoms with Gasteiger partial charge in [0.25, 0.3) is 0 Å². The Bertz CT molecular complexity index is 374. The summed E-state index contributed by atoms with van der Waals surface area (Å²) in [6.45, 7) is 0.973. The Labute approximate surface area is 101 Å². The van der Waals surface area contributed by atoms with Crippen molar-refractivity contribution in [2.75, 3.05) is 13.6 Å². The number of aromatic nitrogens is 1. The van der Waals surface area contributed by atoms with Crippen molar-refractivity contribution in [2.45, 2.75) is 25.3 Å². The van der Waals surface area contributed by atoms with Crippen molar-refractivity contribution in [3.63, 3.8) is 0 Å². The van der Waals surface area contributed by atoms with E-state index >= 15 is 0 Å². The van der Waals surface area contributed by atoms with Gasteiger partial charge in [-0.2, -0.15) is 0 Å². The Morgan fingerprint density at radius 2 is 2.12 bits per heavy atom. The van der Waals surface area contributed by atoms with E-state index < -0.39 is 5.97 Å². The van der Waals surface area contributed by atoms with E-state index in [0.717, 1.165) is 25.8 Å². The molecule has 1 saturated carbocycles. The Morgan fingerprint density at radius 3 is 2.71 bits per heavy atom. The van der Waals surface area contributed by atoms with E-state index in [4.69, 9.17) is 5.11 Å². The number of aliphatic carboxylic acids is 1. The zero-order valence-electron chi connectivity index (χ0n) is 10.0. The minimum atomic E-state index is -0.649. The molecule has 1 N–H and O–H groups in total. The zero-order valence-corrected chi connectivity index (χ0v) is 10.0. The number of hydrogen-bond acceptors (Lipinski definition) is 3. The topological polar surface area (TPSA) is 53.4 Å². The molecule has 0 saturated heterocycles. The van der Waals surface area contributed by atoms with Crippen LogP contribution in [0.4, 0.5) is 0 Å². The van der Waals surface area contributed by atoms with E-state index in [9.17, 15) is 4.79 Å². The lowest BCUT2D eigenvalue weighted by Crippen LogP contribution is -2.45. The van der Waals surface area contributed by atoms with Crippen molar-refractivity contribution in [3.8, 4) is 0 Å². The molecular weight excluding hydrogens is 216 g/mol. The second-order valence-corrected chi connectivity index (χ2v) is 4.75. The van der Waals surface area contributed by atoms with Crippen molar-refractivity contribution < 1.29 is 9.90 Å². The van der Waals surface area contributed by atoms with Crippen LogP contribution in [0.15, 0.2) is 24.5 Å². The molecule has 0 aliphatic heterocycles. The first-order chi connectivity index (χ1) is 8.16. The smallest absolute Gasteiger partial charge is 0.306 e. The molecule has 92 valence electrons. The van der Waals surface area contributed by atoms with Crippen LogP contribution in [0.3, 0.4) is 0 Å². The van der Waals surface area contributed by atoms with E-state index in [0.29, 0.717) is 6.04 Å². The van der Waals surface area contributed by atoms with Crippen LogP contribution in [-0.2, 0) is 11.2 Å². The molecule has 17 heavy (non-hydrogen) atoms. The molecular formula is C13H18N2O2. The van der Waals surface area contributed by atoms with Crippen LogP contribution in [0.1, 0.15) is 18.4 Å². The number of carboxylic acid groups (broad SMARTS) is 1. The van der Waals surface area contributed by atoms with Gasteiger partial charge >= 0.3 is 5.97 Å². The highest BCUT2D eigenvalue weighted by Crippen LogP contribution is 2.31. The predicted octanol–water partition coefficient (Wildman–Crippen LogP) is 1.42. The number of likely N-dealkylation sites (N-methyl/N-ethyl adjacent to an activating group) is 1. The lowest BCUT2D eigenvalue weighted by atomic mass is 9.79. The minimum absolute atomic E-state index is 0.122. The molecule has 1 fully saturated rings. The Hall–Kier alpha value is -1.42. The number of nitrogens with zero attached hydrogens (tertiary/aromatic N) is 2. The van der Waals surface area contributed by atoms with E-state index in [1.807, 2.05) is 12.1 Å². The maximum Gasteiger partial charge on any atom is 0.306 e. The number of carbonyl (C=O) groups is 1. The summed E-state index contributed by atoms with van der Waals surface area (Å²) in [5.74, 6) is -0.771. The summed E-state index contributed by atoms with van der Waals surface area (Å²) in [5.41, 5.74) is 1.28. The van der Waals surface area contributed by atoms with Crippen molar-refractivity contribution >= 4 is 5.97 Å². The van der Waals surface area contributed by atoms with Crippen LogP contribution in [0.2, 0.25) is 0 Å². The first kappa shape index (κ1) is 12.0. The van der Waals surface area contributed by atoms with Crippen LogP contribution >= 0.6 is 0 Å². The molecule has 1 aliphatic rings. The SMILES string of the molecule is CN(CCc1ccncc1)C1CC(C(=O)O)C1. The molecule has 4 heteroatoms. The lowest BCUT2D eigenvalue weighted by molar-refractivity contribution is -0.146. The Kier molecular flexibility index (Phi) is 3.74. The highest BCUT2D eigenvalue weighted by atomic mass is 16.4. The molecule has 0 aromatic carbocycles. The molecule has 0 unspecified atom stereocenters. The van der Waals surface area contributed by atoms with Crippen molar-refractivity contribution in [1.29, 1.82) is 0 Å². The van der Waals surface area contributed by atoms with E-state index in [2.05, 4.69) is 16.9 Å². The summed E-state index contributed by atoms with van der Waals surface area (Å²) in [7, 11) is 2.07. The minimum Gasteiger partial charge on any atom is -0.481 e. The standard InChI is InChI=1S/C13H18N2O2/c1-15(12-8-11(9-12)13(16)17)7-4-10-2-5-14-6-3-10/h2-3,5-6,11-12H,4,7-9H2,1H3,(H,16,17). The summed E-state index contributed by atoms with van der Waals surface area (Å²) in [5, 5.41) is 8.82. The van der Waals surface area contributed by atoms with Gasteiger partial charge in [0.1, 0.15) is 0 Å². The Morgan fingerprint density at radius 1 is 1.47 bits per heavy atom. The fraction of sp³-hybridized carbons (Fsp3) is 0.538. The second kappa shape index (κ2) is 5.27. The van der Waals surface area contributed by atoms with Crippen LogP contribution in [0.5, 0.6) is 0 Å². The fourth-order valence-corrected chi connectivity index (χ4v) is 2.19. The molecule has 4 nitrogen and oxygen atoms in total. The van der Waals surface area contributed by atoms with Gasteiger partial charge in [-0.05, 0) is 44.0 Å². The van der Waals surface area contributed by atoms with Crippen molar-refractivity contribution in [1.82, 2.24) is 9.88 Å². The van der Waals surface area contributed by atoms with E-state index in [1.165, 1.54) is 5.56 Å². The second-order valence-electron chi connectivity index (χ2n) is 4.75. The lowest BCUT2D eigenvalue weighted by Gasteiger charge is -2.39. The summed E-state index contributed by atoms with van der Waals surface area (Å²) < 4.78 is 0. The van der Waals surface area contributed by atoms with E-state index in [1.54, 1.807) is 12.4 Å². The third kappa shape index (κ3) is 3.03. The molecule has 0 amide bonds. The molecule has 1 aliphatic carbocycles. The number of rotatable bonds is 5. The van der Waals surface area contributed by atoms with Gasteiger partial charge in [0, 0.05) is 25.0 Å². The van der Waals surface area contributed by atoms with Gasteiger partial charge in [-0.15, -0.1) is 0 Å². The normalized spacial score (nSPS) is 23.4. The van der Waals surface area contributed by atoms with Gasteiger partial charge in [0.05, 0.1) is 5.92 Å². The van der Waals surface area contributed by atoms with E-state index in [-0.39, 0.29) is 5.92 Å². The van der Waals surface area contributed by atoms with Crippen LogP contribution in [0, 0.1) is 5.92 Å². The van der Waals surface area contributed by atoms with Gasteiger partial charge in [0.15, 0.2) is 0 Å². The molecule has 1 aromatic rings. The molecule has 0 bridgehead atoms. The third-order valence-electron chi connectivity index (χ3n) is 3.59. The summed E-state index contributed by atoms with van der Waals surface area (Å²) >= 11 is 0. The summed E-state index contributed by atoms with van der Waals surface area (Å²) in [4.78, 5) is 17.0. The molecule has 0 spiro atoms. The van der Waals surface area contributed by atoms with Crippen LogP contribution in [0.25, 0.3) is 0 Å². The average molecular weight is 234 g/mol. The molecule has 0 radical (unpaired) electrons. The maximum atomic E-state index is 10.7. The molecule has 0 atom stereocenters. The van der Waals surface area contributed by atoms with Gasteiger partial charge in [0.2, 0.25) is 0 Å². The monoisotopic (exact) mass is 234 g/mol. The average Bonchev–Trinajstić information content (AvgIpc) is 2.25. The molecule has 2 rings (SSSR count). The fourth-order valence-electron chi connectivity index (χ4n) is 2.19. The number of carboxylic acids is 1. The van der Waals surface area contributed by atoms with Gasteiger partial charge in [-0.1, -0.05) is 0 Å².